The van der Waals surface area contributed by atoms with Crippen molar-refractivity contribution in [2.24, 2.45) is 14.1 Å². The van der Waals surface area contributed by atoms with Gasteiger partial charge in [-0.05, 0) is 4.92 Å². The summed E-state index contributed by atoms with van der Waals surface area (Å²) in [6, 6.07) is 0. The van der Waals surface area contributed by atoms with Crippen LogP contribution in [0.2, 0.25) is 0 Å². The molecule has 100 valence electrons. The molecular weight excluding hydrogens is 256 g/mol. The van der Waals surface area contributed by atoms with Gasteiger partial charge < -0.3 is 21.0 Å². The molecule has 0 aliphatic carbocycles. The number of hydrogen-bond donors (Lipinski definition) is 2. The molecule has 0 atom stereocenters. The Kier molecular flexibility index (Phi) is 2.70. The fourth-order valence-electron chi connectivity index (χ4n) is 1.69. The Bertz CT molecular complexity index is 685. The van der Waals surface area contributed by atoms with Crippen LogP contribution in [0.5, 0.6) is 0 Å². The first-order valence-corrected chi connectivity index (χ1v) is 5.06. The van der Waals surface area contributed by atoms with Gasteiger partial charge in [0.25, 0.3) is 0 Å². The number of anilines is 1. The van der Waals surface area contributed by atoms with Crippen molar-refractivity contribution < 1.29 is 14.8 Å². The topological polar surface area (TPSA) is 142 Å². The van der Waals surface area contributed by atoms with Crippen molar-refractivity contribution in [3.63, 3.8) is 0 Å². The van der Waals surface area contributed by atoms with Crippen LogP contribution in [0.15, 0.2) is 6.20 Å². The van der Waals surface area contributed by atoms with Gasteiger partial charge in [0, 0.05) is 7.05 Å². The summed E-state index contributed by atoms with van der Waals surface area (Å²) in [5.41, 5.74) is 5.37. The van der Waals surface area contributed by atoms with Gasteiger partial charge in [-0.25, -0.2) is 14.3 Å². The Hall–Kier alpha value is -2.91. The maximum absolute atomic E-state index is 11.2. The molecule has 19 heavy (non-hydrogen) atoms. The van der Waals surface area contributed by atoms with E-state index >= 15 is 0 Å². The summed E-state index contributed by atoms with van der Waals surface area (Å²) < 4.78 is 2.33. The molecule has 10 heteroatoms. The molecule has 0 bridgehead atoms. The molecule has 0 saturated carbocycles. The average Bonchev–Trinajstić information content (AvgIpc) is 2.81. The first-order chi connectivity index (χ1) is 8.84. The molecule has 2 aromatic heterocycles. The van der Waals surface area contributed by atoms with Crippen molar-refractivity contribution in [3.05, 3.63) is 21.9 Å². The van der Waals surface area contributed by atoms with Crippen molar-refractivity contribution in [3.8, 4) is 11.5 Å². The van der Waals surface area contributed by atoms with E-state index in [2.05, 4.69) is 10.1 Å². The zero-order valence-electron chi connectivity index (χ0n) is 10.1. The lowest BCUT2D eigenvalue weighted by Gasteiger charge is -1.97. The SMILES string of the molecule is Cn1nc(-c2ncc([N+](=O)[O-])n2C)c(C(=O)O)c1N. The maximum atomic E-state index is 11.2. The normalized spacial score (nSPS) is 10.6. The number of nitrogens with two attached hydrogens (primary N) is 1. The lowest BCUT2D eigenvalue weighted by Crippen LogP contribution is -2.05. The Balaban J connectivity index is 2.69. The first-order valence-electron chi connectivity index (χ1n) is 5.06. The quantitative estimate of drug-likeness (QED) is 0.588. The largest absolute Gasteiger partial charge is 0.477 e. The number of aromatic carboxylic acids is 1. The monoisotopic (exact) mass is 266 g/mol. The van der Waals surface area contributed by atoms with E-state index in [1.54, 1.807) is 0 Å². The van der Waals surface area contributed by atoms with Gasteiger partial charge in [-0.3, -0.25) is 4.68 Å². The molecule has 2 aromatic rings. The minimum absolute atomic E-state index is 0.0110. The van der Waals surface area contributed by atoms with Crippen LogP contribution < -0.4 is 5.73 Å². The van der Waals surface area contributed by atoms with Gasteiger partial charge >= 0.3 is 11.8 Å². The van der Waals surface area contributed by atoms with Crippen LogP contribution in [-0.4, -0.2) is 35.3 Å². The highest BCUT2D eigenvalue weighted by molar-refractivity contribution is 5.99. The van der Waals surface area contributed by atoms with E-state index < -0.39 is 10.9 Å². The van der Waals surface area contributed by atoms with Crippen LogP contribution >= 0.6 is 0 Å². The molecule has 2 heterocycles. The molecule has 0 aliphatic rings. The molecule has 0 aromatic carbocycles. The van der Waals surface area contributed by atoms with E-state index in [4.69, 9.17) is 10.8 Å². The van der Waals surface area contributed by atoms with E-state index in [1.807, 2.05) is 0 Å². The standard InChI is InChI=1S/C9H10N6O4/c1-13-4(15(18)19)3-11-8(13)6-5(9(16)17)7(10)14(2)12-6/h3H,10H2,1-2H3,(H,16,17). The van der Waals surface area contributed by atoms with Gasteiger partial charge in [0.2, 0.25) is 5.82 Å². The second-order valence-corrected chi connectivity index (χ2v) is 3.79. The second kappa shape index (κ2) is 4.08. The number of rotatable bonds is 3. The summed E-state index contributed by atoms with van der Waals surface area (Å²) in [6.07, 6.45) is 1.03. The van der Waals surface area contributed by atoms with Crippen LogP contribution in [0.4, 0.5) is 11.6 Å². The third-order valence-corrected chi connectivity index (χ3v) is 2.67. The molecule has 0 aliphatic heterocycles. The maximum Gasteiger partial charge on any atom is 0.342 e. The predicted octanol–water partition coefficient (Wildman–Crippen LogP) is 0.00920. The number of aromatic nitrogens is 4. The molecule has 10 nitrogen and oxygen atoms in total. The molecule has 0 unspecified atom stereocenters. The van der Waals surface area contributed by atoms with Crippen LogP contribution in [0.25, 0.3) is 11.5 Å². The summed E-state index contributed by atoms with van der Waals surface area (Å²) in [5, 5.41) is 23.8. The molecule has 2 rings (SSSR count). The van der Waals surface area contributed by atoms with E-state index in [0.29, 0.717) is 0 Å². The third-order valence-electron chi connectivity index (χ3n) is 2.67. The fraction of sp³-hybridized carbons (Fsp3) is 0.222. The highest BCUT2D eigenvalue weighted by atomic mass is 16.6. The van der Waals surface area contributed by atoms with Crippen molar-refractivity contribution in [2.75, 3.05) is 5.73 Å². The summed E-state index contributed by atoms with van der Waals surface area (Å²) >= 11 is 0. The Morgan fingerprint density at radius 3 is 2.63 bits per heavy atom. The third kappa shape index (κ3) is 1.78. The van der Waals surface area contributed by atoms with Crippen molar-refractivity contribution in [2.45, 2.75) is 0 Å². The molecule has 0 saturated heterocycles. The van der Waals surface area contributed by atoms with Crippen molar-refractivity contribution in [1.29, 1.82) is 0 Å². The number of carbonyl (C=O) groups is 1. The van der Waals surface area contributed by atoms with Gasteiger partial charge in [-0.1, -0.05) is 0 Å². The zero-order chi connectivity index (χ0) is 14.3. The summed E-state index contributed by atoms with van der Waals surface area (Å²) in [4.78, 5) is 25.1. The number of hydrogen-bond acceptors (Lipinski definition) is 6. The predicted molar refractivity (Wildman–Crippen MR) is 63.4 cm³/mol. The summed E-state index contributed by atoms with van der Waals surface area (Å²) in [5.74, 6) is -1.52. The highest BCUT2D eigenvalue weighted by Gasteiger charge is 2.28. The molecule has 0 radical (unpaired) electrons. The van der Waals surface area contributed by atoms with Crippen LogP contribution in [-0.2, 0) is 14.1 Å². The van der Waals surface area contributed by atoms with Crippen LogP contribution in [0, 0.1) is 10.1 Å². The first kappa shape index (κ1) is 12.5. The number of carboxylic acids is 1. The molecular formula is C9H10N6O4. The average molecular weight is 266 g/mol. The number of aryl methyl sites for hydroxylation is 1. The number of nitrogen functional groups attached to an aromatic ring is 1. The smallest absolute Gasteiger partial charge is 0.342 e. The Morgan fingerprint density at radius 1 is 1.53 bits per heavy atom. The Morgan fingerprint density at radius 2 is 2.16 bits per heavy atom. The molecule has 0 spiro atoms. The van der Waals surface area contributed by atoms with Crippen LogP contribution in [0.1, 0.15) is 10.4 Å². The number of nitrogens with zero attached hydrogens (tertiary/aromatic N) is 5. The number of imidazole rings is 1. The summed E-state index contributed by atoms with van der Waals surface area (Å²) in [7, 11) is 2.87. The van der Waals surface area contributed by atoms with E-state index in [0.717, 1.165) is 10.8 Å². The van der Waals surface area contributed by atoms with Gasteiger partial charge in [0.05, 0.1) is 7.05 Å². The molecule has 0 amide bonds. The molecule has 3 N–H and O–H groups in total. The zero-order valence-corrected chi connectivity index (χ0v) is 10.1. The summed E-state index contributed by atoms with van der Waals surface area (Å²) in [6.45, 7) is 0. The lowest BCUT2D eigenvalue weighted by atomic mass is 10.2. The Labute approximate surface area is 106 Å². The fourth-order valence-corrected chi connectivity index (χ4v) is 1.69. The van der Waals surface area contributed by atoms with E-state index in [9.17, 15) is 14.9 Å². The van der Waals surface area contributed by atoms with E-state index in [1.165, 1.54) is 18.8 Å². The van der Waals surface area contributed by atoms with Gasteiger partial charge in [-0.15, -0.1) is 0 Å². The highest BCUT2D eigenvalue weighted by Crippen LogP contribution is 2.27. The minimum Gasteiger partial charge on any atom is -0.477 e. The number of carboxylic acid groups (broad SMARTS) is 1. The second-order valence-electron chi connectivity index (χ2n) is 3.79. The molecule has 0 fully saturated rings. The van der Waals surface area contributed by atoms with Crippen molar-refractivity contribution in [1.82, 2.24) is 19.3 Å². The van der Waals surface area contributed by atoms with Gasteiger partial charge in [0.15, 0.2) is 5.69 Å². The van der Waals surface area contributed by atoms with Gasteiger partial charge in [0.1, 0.15) is 17.6 Å². The minimum atomic E-state index is -1.27. The van der Waals surface area contributed by atoms with Crippen LogP contribution in [0.3, 0.4) is 0 Å². The number of nitro groups is 1. The lowest BCUT2D eigenvalue weighted by molar-refractivity contribution is -0.391. The van der Waals surface area contributed by atoms with E-state index in [-0.39, 0.29) is 28.7 Å². The van der Waals surface area contributed by atoms with Crippen molar-refractivity contribution >= 4 is 17.6 Å². The van der Waals surface area contributed by atoms with Gasteiger partial charge in [-0.2, -0.15) is 5.10 Å².